The van der Waals surface area contributed by atoms with Crippen LogP contribution in [0.2, 0.25) is 0 Å². The van der Waals surface area contributed by atoms with Gasteiger partial charge in [-0.1, -0.05) is 38.3 Å². The fraction of sp³-hybridized carbons (Fsp3) is 0.167. The van der Waals surface area contributed by atoms with Crippen LogP contribution in [0.5, 0.6) is 0 Å². The highest BCUT2D eigenvalue weighted by molar-refractivity contribution is 5.59. The Morgan fingerprint density at radius 1 is 1.45 bits per heavy atom. The summed E-state index contributed by atoms with van der Waals surface area (Å²) >= 11 is 0. The van der Waals surface area contributed by atoms with Crippen molar-refractivity contribution in [3.8, 4) is 0 Å². The van der Waals surface area contributed by atoms with Gasteiger partial charge in [-0.2, -0.15) is 0 Å². The van der Waals surface area contributed by atoms with Crippen LogP contribution >= 0.6 is 0 Å². The lowest BCUT2D eigenvalue weighted by atomic mass is 10.3. The molecule has 1 aromatic rings. The highest BCUT2D eigenvalue weighted by Crippen LogP contribution is 2.19. The number of nitrogens with one attached hydrogen (secondary N) is 2. The SMILES string of the molecule is C=C/C=C\C(=C/CC)N1NC(=c2ccc(=C)nc2)C=C1NC. The number of aromatic nitrogens is 1. The van der Waals surface area contributed by atoms with E-state index >= 15 is 0 Å². The molecule has 0 radical (unpaired) electrons. The number of nitrogens with zero attached hydrogens (tertiary/aromatic N) is 2. The first-order chi connectivity index (χ1) is 10.7. The van der Waals surface area contributed by atoms with Crippen molar-refractivity contribution in [1.29, 1.82) is 0 Å². The van der Waals surface area contributed by atoms with Gasteiger partial charge in [-0.15, -0.1) is 0 Å². The van der Waals surface area contributed by atoms with Gasteiger partial charge < -0.3 is 5.32 Å². The Kier molecular flexibility index (Phi) is 5.20. The molecule has 114 valence electrons. The van der Waals surface area contributed by atoms with Gasteiger partial charge in [0.25, 0.3) is 0 Å². The zero-order valence-corrected chi connectivity index (χ0v) is 13.1. The Morgan fingerprint density at radius 2 is 2.27 bits per heavy atom. The van der Waals surface area contributed by atoms with Crippen molar-refractivity contribution in [2.24, 2.45) is 0 Å². The molecule has 1 aromatic heterocycles. The summed E-state index contributed by atoms with van der Waals surface area (Å²) in [6, 6.07) is 3.91. The third-order valence-electron chi connectivity index (χ3n) is 3.22. The van der Waals surface area contributed by atoms with E-state index in [0.29, 0.717) is 0 Å². The lowest BCUT2D eigenvalue weighted by Gasteiger charge is -2.23. The van der Waals surface area contributed by atoms with E-state index in [0.717, 1.165) is 34.2 Å². The minimum Gasteiger partial charge on any atom is -0.373 e. The molecule has 0 saturated heterocycles. The monoisotopic (exact) mass is 294 g/mol. The Balaban J connectivity index is 2.42. The van der Waals surface area contributed by atoms with E-state index in [2.05, 4.69) is 48.0 Å². The van der Waals surface area contributed by atoms with Gasteiger partial charge >= 0.3 is 0 Å². The lowest BCUT2D eigenvalue weighted by Crippen LogP contribution is -2.35. The second-order valence-electron chi connectivity index (χ2n) is 4.81. The van der Waals surface area contributed by atoms with Gasteiger partial charge in [0.15, 0.2) is 0 Å². The fourth-order valence-electron chi connectivity index (χ4n) is 2.14. The van der Waals surface area contributed by atoms with Gasteiger partial charge in [0.1, 0.15) is 5.82 Å². The van der Waals surface area contributed by atoms with E-state index in [4.69, 9.17) is 0 Å². The predicted octanol–water partition coefficient (Wildman–Crippen LogP) is 1.52. The van der Waals surface area contributed by atoms with Gasteiger partial charge in [0.05, 0.1) is 16.7 Å². The molecule has 0 bridgehead atoms. The van der Waals surface area contributed by atoms with Gasteiger partial charge in [-0.25, -0.2) is 5.01 Å². The molecule has 0 spiro atoms. The summed E-state index contributed by atoms with van der Waals surface area (Å²) in [5.41, 5.74) is 5.45. The molecule has 2 heterocycles. The third-order valence-corrected chi connectivity index (χ3v) is 3.22. The molecule has 2 rings (SSSR count). The van der Waals surface area contributed by atoms with E-state index in [9.17, 15) is 0 Å². The number of hydrazine groups is 1. The maximum Gasteiger partial charge on any atom is 0.127 e. The molecule has 0 fully saturated rings. The average molecular weight is 294 g/mol. The fourth-order valence-corrected chi connectivity index (χ4v) is 2.14. The molecule has 0 saturated carbocycles. The number of hydrogen-bond donors (Lipinski definition) is 2. The molecule has 0 aromatic carbocycles. The second-order valence-corrected chi connectivity index (χ2v) is 4.81. The minimum atomic E-state index is 0.762. The predicted molar refractivity (Wildman–Crippen MR) is 92.2 cm³/mol. The van der Waals surface area contributed by atoms with E-state index in [1.54, 1.807) is 6.08 Å². The van der Waals surface area contributed by atoms with Crippen molar-refractivity contribution in [1.82, 2.24) is 20.7 Å². The summed E-state index contributed by atoms with van der Waals surface area (Å²) in [5, 5.41) is 7.00. The third kappa shape index (κ3) is 3.47. The van der Waals surface area contributed by atoms with Crippen LogP contribution in [-0.4, -0.2) is 17.0 Å². The summed E-state index contributed by atoms with van der Waals surface area (Å²) < 4.78 is 0. The Bertz CT molecular complexity index is 717. The van der Waals surface area contributed by atoms with E-state index in [1.807, 2.05) is 42.5 Å². The smallest absolute Gasteiger partial charge is 0.127 e. The number of allylic oxidation sites excluding steroid dienone is 4. The number of rotatable bonds is 5. The zero-order valence-electron chi connectivity index (χ0n) is 13.1. The van der Waals surface area contributed by atoms with E-state index in [1.165, 1.54) is 0 Å². The Hall–Kier alpha value is -2.75. The van der Waals surface area contributed by atoms with Gasteiger partial charge in [0.2, 0.25) is 0 Å². The van der Waals surface area contributed by atoms with Crippen molar-refractivity contribution in [3.63, 3.8) is 0 Å². The Labute approximate surface area is 131 Å². The van der Waals surface area contributed by atoms with E-state index < -0.39 is 0 Å². The summed E-state index contributed by atoms with van der Waals surface area (Å²) in [5.74, 6) is 0.974. The number of hydrogen-bond acceptors (Lipinski definition) is 4. The van der Waals surface area contributed by atoms with Gasteiger partial charge in [0, 0.05) is 24.5 Å². The topological polar surface area (TPSA) is 40.2 Å². The summed E-state index contributed by atoms with van der Waals surface area (Å²) in [6.45, 7) is 9.65. The van der Waals surface area contributed by atoms with Crippen LogP contribution in [0.1, 0.15) is 13.3 Å². The van der Waals surface area contributed by atoms with Gasteiger partial charge in [-0.3, -0.25) is 10.4 Å². The maximum absolute atomic E-state index is 4.25. The molecule has 1 aliphatic heterocycles. The average Bonchev–Trinajstić information content (AvgIpc) is 2.96. The van der Waals surface area contributed by atoms with E-state index in [-0.39, 0.29) is 0 Å². The first-order valence-electron chi connectivity index (χ1n) is 7.30. The normalized spacial score (nSPS) is 17.5. The first-order valence-corrected chi connectivity index (χ1v) is 7.30. The van der Waals surface area contributed by atoms with Crippen LogP contribution in [0.4, 0.5) is 0 Å². The summed E-state index contributed by atoms with van der Waals surface area (Å²) in [6.07, 6.45) is 12.7. The molecule has 0 unspecified atom stereocenters. The standard InChI is InChI=1S/C18H22N4/c1-5-7-9-16(8-6-2)22-18(19-4)12-17(21-22)15-11-10-14(3)20-13-15/h5,7-13,19,21H,1,3,6H2,2,4H3/b9-7-,16-8+,17-15?. The van der Waals surface area contributed by atoms with Crippen molar-refractivity contribution >= 4 is 12.3 Å². The molecule has 0 amide bonds. The molecule has 1 aliphatic rings. The first kappa shape index (κ1) is 15.6. The molecule has 22 heavy (non-hydrogen) atoms. The maximum atomic E-state index is 4.25. The molecular formula is C18H22N4. The van der Waals surface area contributed by atoms with Crippen molar-refractivity contribution in [2.45, 2.75) is 13.3 Å². The van der Waals surface area contributed by atoms with Gasteiger partial charge in [-0.05, 0) is 24.6 Å². The second kappa shape index (κ2) is 7.31. The minimum absolute atomic E-state index is 0.762. The van der Waals surface area contributed by atoms with Crippen molar-refractivity contribution in [2.75, 3.05) is 7.05 Å². The molecule has 4 heteroatoms. The highest BCUT2D eigenvalue weighted by Gasteiger charge is 2.19. The van der Waals surface area contributed by atoms with Crippen LogP contribution in [0, 0.1) is 0 Å². The molecule has 0 aliphatic carbocycles. The summed E-state index contributed by atoms with van der Waals surface area (Å²) in [4.78, 5) is 4.25. The van der Waals surface area contributed by atoms with Crippen LogP contribution in [0.15, 0.2) is 66.8 Å². The van der Waals surface area contributed by atoms with Crippen molar-refractivity contribution in [3.05, 3.63) is 77.4 Å². The molecule has 0 atom stereocenters. The molecule has 4 nitrogen and oxygen atoms in total. The van der Waals surface area contributed by atoms with Crippen LogP contribution in [0.3, 0.4) is 0 Å². The summed E-state index contributed by atoms with van der Waals surface area (Å²) in [7, 11) is 1.90. The van der Waals surface area contributed by atoms with Crippen molar-refractivity contribution < 1.29 is 0 Å². The molecular weight excluding hydrogens is 272 g/mol. The lowest BCUT2D eigenvalue weighted by molar-refractivity contribution is 0.379. The van der Waals surface area contributed by atoms with Crippen LogP contribution in [-0.2, 0) is 0 Å². The Morgan fingerprint density at radius 3 is 2.86 bits per heavy atom. The largest absolute Gasteiger partial charge is 0.373 e. The number of pyridine rings is 1. The highest BCUT2D eigenvalue weighted by atomic mass is 15.6. The quantitative estimate of drug-likeness (QED) is 0.808. The zero-order chi connectivity index (χ0) is 15.9. The van der Waals surface area contributed by atoms with Crippen LogP contribution in [0.25, 0.3) is 12.3 Å². The van der Waals surface area contributed by atoms with Crippen LogP contribution < -0.4 is 21.3 Å². The molecule has 2 N–H and O–H groups in total.